The zero-order valence-corrected chi connectivity index (χ0v) is 21.7. The molecule has 2 heterocycles. The van der Waals surface area contributed by atoms with Gasteiger partial charge < -0.3 is 9.47 Å². The fraction of sp³-hybridized carbons (Fsp3) is 0.273. The van der Waals surface area contributed by atoms with Crippen molar-refractivity contribution in [1.82, 2.24) is 9.78 Å². The molecule has 1 aliphatic carbocycles. The van der Waals surface area contributed by atoms with E-state index in [2.05, 4.69) is 66.7 Å². The molecule has 5 nitrogen and oxygen atoms in total. The summed E-state index contributed by atoms with van der Waals surface area (Å²) in [4.78, 5) is 11.5. The van der Waals surface area contributed by atoms with Crippen molar-refractivity contribution in [3.8, 4) is 0 Å². The molecular formula is C33H32N2O3. The Morgan fingerprint density at radius 2 is 1.84 bits per heavy atom. The number of allylic oxidation sites excluding steroid dienone is 1. The number of carbonyl (C=O) groups excluding carboxylic acids is 1. The van der Waals surface area contributed by atoms with E-state index in [1.165, 1.54) is 47.4 Å². The van der Waals surface area contributed by atoms with Crippen molar-refractivity contribution in [3.63, 3.8) is 0 Å². The summed E-state index contributed by atoms with van der Waals surface area (Å²) < 4.78 is 12.8. The predicted molar refractivity (Wildman–Crippen MR) is 151 cm³/mol. The first-order valence-electron chi connectivity index (χ1n) is 13.5. The summed E-state index contributed by atoms with van der Waals surface area (Å²) in [6.45, 7) is 0.796. The van der Waals surface area contributed by atoms with Gasteiger partial charge in [-0.3, -0.25) is 0 Å². The molecule has 1 unspecified atom stereocenters. The number of methoxy groups -OCH3 is 1. The Morgan fingerprint density at radius 3 is 2.66 bits per heavy atom. The molecule has 1 atom stereocenters. The number of hydrogen-bond donors (Lipinski definition) is 0. The highest BCUT2D eigenvalue weighted by Crippen LogP contribution is 2.40. The van der Waals surface area contributed by atoms with Gasteiger partial charge in [0.25, 0.3) is 0 Å². The van der Waals surface area contributed by atoms with E-state index in [1.807, 2.05) is 10.9 Å². The lowest BCUT2D eigenvalue weighted by Crippen LogP contribution is -2.18. The predicted octanol–water partition coefficient (Wildman–Crippen LogP) is 7.22. The van der Waals surface area contributed by atoms with Crippen molar-refractivity contribution in [2.24, 2.45) is 0 Å². The molecule has 3 aromatic carbocycles. The smallest absolute Gasteiger partial charge is 0.330 e. The lowest BCUT2D eigenvalue weighted by atomic mass is 9.81. The van der Waals surface area contributed by atoms with E-state index >= 15 is 0 Å². The Kier molecular flexibility index (Phi) is 6.93. The van der Waals surface area contributed by atoms with Crippen molar-refractivity contribution in [1.29, 1.82) is 0 Å². The third kappa shape index (κ3) is 4.82. The summed E-state index contributed by atoms with van der Waals surface area (Å²) in [6.07, 6.45) is 11.8. The second-order valence-electron chi connectivity index (χ2n) is 10.0. The van der Waals surface area contributed by atoms with E-state index < -0.39 is 0 Å². The monoisotopic (exact) mass is 504 g/mol. The molecule has 4 aromatic rings. The van der Waals surface area contributed by atoms with E-state index in [0.29, 0.717) is 0 Å². The van der Waals surface area contributed by atoms with Gasteiger partial charge in [-0.15, -0.1) is 0 Å². The summed E-state index contributed by atoms with van der Waals surface area (Å²) in [7, 11) is 1.39. The van der Waals surface area contributed by atoms with Gasteiger partial charge in [-0.25, -0.2) is 9.48 Å². The van der Waals surface area contributed by atoms with Gasteiger partial charge in [-0.05, 0) is 95.7 Å². The van der Waals surface area contributed by atoms with Crippen molar-refractivity contribution in [2.45, 2.75) is 44.8 Å². The molecule has 1 aliphatic heterocycles. The van der Waals surface area contributed by atoms with Crippen LogP contribution in [0, 0.1) is 0 Å². The summed E-state index contributed by atoms with van der Waals surface area (Å²) in [5, 5.41) is 5.85. The van der Waals surface area contributed by atoms with Gasteiger partial charge in [0, 0.05) is 18.1 Å². The first kappa shape index (κ1) is 24.4. The molecule has 5 heteroatoms. The van der Waals surface area contributed by atoms with Crippen LogP contribution in [0.25, 0.3) is 28.1 Å². The van der Waals surface area contributed by atoms with E-state index in [0.717, 1.165) is 60.7 Å². The molecule has 1 fully saturated rings. The molecule has 192 valence electrons. The molecule has 0 radical (unpaired) electrons. The van der Waals surface area contributed by atoms with Gasteiger partial charge >= 0.3 is 5.97 Å². The van der Waals surface area contributed by atoms with Crippen LogP contribution in [-0.4, -0.2) is 29.5 Å². The van der Waals surface area contributed by atoms with E-state index in [-0.39, 0.29) is 12.2 Å². The molecule has 6 rings (SSSR count). The Bertz CT molecular complexity index is 1520. The molecule has 0 spiro atoms. The Balaban J connectivity index is 1.46. The first-order valence-corrected chi connectivity index (χ1v) is 13.5. The van der Waals surface area contributed by atoms with Crippen LogP contribution in [-0.2, 0) is 20.7 Å². The fourth-order valence-corrected chi connectivity index (χ4v) is 5.75. The maximum Gasteiger partial charge on any atom is 0.330 e. The first-order chi connectivity index (χ1) is 18.7. The standard InChI is InChI=1S/C33H32N2O3/c1-37-32(36)19-14-23-12-15-25(16-13-23)33(29-10-6-8-24-7-2-3-9-28(24)29)26-17-18-30-27(21-26)22-34-35(30)31-11-4-5-20-38-31/h2-3,7,9,12-19,21-22,31H,4-6,8,10-11,20H2,1H3/b19-14+,33-29+. The SMILES string of the molecule is COC(=O)/C=C/c1ccc(/C(=C2/CCCc3ccccc32)c2ccc3c(cnn3C3CCCCO3)c2)cc1. The molecule has 2 aliphatic rings. The van der Waals surface area contributed by atoms with Crippen molar-refractivity contribution >= 4 is 34.1 Å². The number of nitrogens with zero attached hydrogens (tertiary/aromatic N) is 2. The molecular weight excluding hydrogens is 472 g/mol. The van der Waals surface area contributed by atoms with E-state index in [1.54, 1.807) is 6.08 Å². The highest BCUT2D eigenvalue weighted by Gasteiger charge is 2.22. The van der Waals surface area contributed by atoms with Crippen LogP contribution in [0.4, 0.5) is 0 Å². The number of aromatic nitrogens is 2. The highest BCUT2D eigenvalue weighted by molar-refractivity contribution is 6.01. The summed E-state index contributed by atoms with van der Waals surface area (Å²) >= 11 is 0. The molecule has 0 amide bonds. The van der Waals surface area contributed by atoms with Crippen LogP contribution in [0.3, 0.4) is 0 Å². The summed E-state index contributed by atoms with van der Waals surface area (Å²) in [5.74, 6) is -0.358. The quantitative estimate of drug-likeness (QED) is 0.213. The second kappa shape index (κ2) is 10.8. The van der Waals surface area contributed by atoms with Gasteiger partial charge in [-0.2, -0.15) is 5.10 Å². The zero-order chi connectivity index (χ0) is 25.9. The lowest BCUT2D eigenvalue weighted by molar-refractivity contribution is -0.134. The average molecular weight is 505 g/mol. The Labute approximate surface area is 223 Å². The van der Waals surface area contributed by atoms with Crippen LogP contribution in [0.15, 0.2) is 79.0 Å². The number of benzene rings is 3. The normalized spacial score (nSPS) is 18.9. The third-order valence-electron chi connectivity index (χ3n) is 7.64. The largest absolute Gasteiger partial charge is 0.466 e. The number of rotatable bonds is 5. The maximum absolute atomic E-state index is 11.5. The number of aryl methyl sites for hydroxylation is 1. The molecule has 0 saturated carbocycles. The van der Waals surface area contributed by atoms with Crippen LogP contribution in [0.2, 0.25) is 0 Å². The van der Waals surface area contributed by atoms with Gasteiger partial charge in [-0.1, -0.05) is 54.6 Å². The van der Waals surface area contributed by atoms with Gasteiger partial charge in [0.15, 0.2) is 6.23 Å². The number of carbonyl (C=O) groups is 1. The average Bonchev–Trinajstić information content (AvgIpc) is 3.41. The summed E-state index contributed by atoms with van der Waals surface area (Å²) in [6, 6.07) is 23.9. The Hall–Kier alpha value is -3.96. The zero-order valence-electron chi connectivity index (χ0n) is 21.7. The lowest BCUT2D eigenvalue weighted by Gasteiger charge is -2.24. The molecule has 38 heavy (non-hydrogen) atoms. The van der Waals surface area contributed by atoms with Gasteiger partial charge in [0.2, 0.25) is 0 Å². The minimum atomic E-state index is -0.358. The van der Waals surface area contributed by atoms with Crippen LogP contribution < -0.4 is 0 Å². The number of ether oxygens (including phenoxy) is 2. The Morgan fingerprint density at radius 1 is 1.00 bits per heavy atom. The van der Waals surface area contributed by atoms with E-state index in [4.69, 9.17) is 14.6 Å². The number of fused-ring (bicyclic) bond motifs is 2. The third-order valence-corrected chi connectivity index (χ3v) is 7.64. The molecule has 0 bridgehead atoms. The molecule has 1 aromatic heterocycles. The topological polar surface area (TPSA) is 53.3 Å². The number of hydrogen-bond acceptors (Lipinski definition) is 4. The van der Waals surface area contributed by atoms with E-state index in [9.17, 15) is 4.79 Å². The molecule has 1 saturated heterocycles. The van der Waals surface area contributed by atoms with Gasteiger partial charge in [0.1, 0.15) is 0 Å². The van der Waals surface area contributed by atoms with Crippen molar-refractivity contribution < 1.29 is 14.3 Å². The van der Waals surface area contributed by atoms with Crippen LogP contribution in [0.5, 0.6) is 0 Å². The van der Waals surface area contributed by atoms with Crippen molar-refractivity contribution in [3.05, 3.63) is 107 Å². The minimum absolute atomic E-state index is 0.0146. The summed E-state index contributed by atoms with van der Waals surface area (Å²) in [5.41, 5.74) is 9.80. The van der Waals surface area contributed by atoms with Gasteiger partial charge in [0.05, 0.1) is 18.8 Å². The second-order valence-corrected chi connectivity index (χ2v) is 10.0. The fourth-order valence-electron chi connectivity index (χ4n) is 5.75. The number of esters is 1. The minimum Gasteiger partial charge on any atom is -0.466 e. The maximum atomic E-state index is 11.5. The molecule has 0 N–H and O–H groups in total. The van der Waals surface area contributed by atoms with Crippen molar-refractivity contribution in [2.75, 3.05) is 13.7 Å². The van der Waals surface area contributed by atoms with Crippen LogP contribution in [0.1, 0.15) is 66.1 Å². The van der Waals surface area contributed by atoms with Crippen LogP contribution >= 0.6 is 0 Å². The highest BCUT2D eigenvalue weighted by atomic mass is 16.5.